The Bertz CT molecular complexity index is 1320. The summed E-state index contributed by atoms with van der Waals surface area (Å²) in [7, 11) is 3.30. The number of nitrogens with zero attached hydrogens (tertiary/aromatic N) is 4. The van der Waals surface area contributed by atoms with Gasteiger partial charge < -0.3 is 14.8 Å². The first-order chi connectivity index (χ1) is 16.3. The van der Waals surface area contributed by atoms with Crippen molar-refractivity contribution in [3.8, 4) is 11.5 Å². The first-order valence-corrected chi connectivity index (χ1v) is 10.6. The number of anilines is 1. The van der Waals surface area contributed by atoms with E-state index in [4.69, 9.17) is 21.7 Å². The molecule has 34 heavy (non-hydrogen) atoms. The summed E-state index contributed by atoms with van der Waals surface area (Å²) in [5.74, 6) is 0.694. The Kier molecular flexibility index (Phi) is 6.28. The molecule has 0 radical (unpaired) electrons. The molecule has 1 aliphatic heterocycles. The van der Waals surface area contributed by atoms with Crippen molar-refractivity contribution in [1.29, 1.82) is 0 Å². The maximum Gasteiger partial charge on any atom is 0.281 e. The number of methoxy groups -OCH3 is 1. The highest BCUT2D eigenvalue weighted by Gasteiger charge is 2.33. The molecule has 1 fully saturated rings. The number of carbonyl (C=O) groups excluding carboxylic acids is 1. The first kappa shape index (κ1) is 22.9. The van der Waals surface area contributed by atoms with Crippen molar-refractivity contribution in [1.82, 2.24) is 15.1 Å². The van der Waals surface area contributed by atoms with Crippen LogP contribution in [0, 0.1) is 17.0 Å². The van der Waals surface area contributed by atoms with Crippen molar-refractivity contribution in [3.63, 3.8) is 0 Å². The van der Waals surface area contributed by atoms with Crippen molar-refractivity contribution in [2.75, 3.05) is 12.0 Å². The molecule has 0 spiro atoms. The number of thiocarbonyl (C=S) groups is 1. The van der Waals surface area contributed by atoms with Crippen LogP contribution in [0.3, 0.4) is 0 Å². The van der Waals surface area contributed by atoms with Crippen LogP contribution in [0.4, 0.5) is 11.4 Å². The summed E-state index contributed by atoms with van der Waals surface area (Å²) in [5, 5.41) is 18.3. The molecular weight excluding hydrogens is 458 g/mol. The van der Waals surface area contributed by atoms with Crippen LogP contribution < -0.4 is 19.7 Å². The molecule has 10 nitrogen and oxygen atoms in total. The number of ether oxygens (including phenoxy) is 2. The number of nitrogens with one attached hydrogen (secondary N) is 1. The molecule has 11 heteroatoms. The third kappa shape index (κ3) is 4.59. The van der Waals surface area contributed by atoms with E-state index < -0.39 is 4.92 Å². The molecule has 1 aromatic heterocycles. The minimum Gasteiger partial charge on any atom is -0.493 e. The molecule has 0 aliphatic carbocycles. The van der Waals surface area contributed by atoms with Gasteiger partial charge in [-0.15, -0.1) is 0 Å². The fourth-order valence-corrected chi connectivity index (χ4v) is 3.79. The van der Waals surface area contributed by atoms with Crippen LogP contribution in [0.25, 0.3) is 6.08 Å². The number of non-ortho nitro benzene ring substituents is 1. The third-order valence-corrected chi connectivity index (χ3v) is 5.43. The Morgan fingerprint density at radius 2 is 1.94 bits per heavy atom. The summed E-state index contributed by atoms with van der Waals surface area (Å²) in [6.45, 7) is 2.02. The Morgan fingerprint density at radius 3 is 2.56 bits per heavy atom. The van der Waals surface area contributed by atoms with Crippen LogP contribution >= 0.6 is 12.2 Å². The van der Waals surface area contributed by atoms with E-state index in [9.17, 15) is 14.9 Å². The number of hydrogen-bond acceptors (Lipinski definition) is 7. The summed E-state index contributed by atoms with van der Waals surface area (Å²) < 4.78 is 12.9. The average molecular weight is 480 g/mol. The number of nitro benzene ring substituents is 1. The molecule has 2 heterocycles. The van der Waals surface area contributed by atoms with Crippen molar-refractivity contribution in [2.24, 2.45) is 7.05 Å². The number of carbonyl (C=O) groups is 1. The number of nitro groups is 1. The van der Waals surface area contributed by atoms with E-state index in [-0.39, 0.29) is 23.3 Å². The number of aromatic nitrogens is 2. The largest absolute Gasteiger partial charge is 0.493 e. The lowest BCUT2D eigenvalue weighted by atomic mass is 10.1. The maximum atomic E-state index is 13.0. The van der Waals surface area contributed by atoms with Gasteiger partial charge in [-0.2, -0.15) is 5.10 Å². The van der Waals surface area contributed by atoms with Crippen molar-refractivity contribution < 1.29 is 19.2 Å². The molecule has 2 aromatic carbocycles. The van der Waals surface area contributed by atoms with Gasteiger partial charge in [-0.25, -0.2) is 4.90 Å². The molecular formula is C23H21N5O5S. The SMILES string of the molecule is COc1cc(/C=C2/NC(=S)N(c3cn(C)nc3C)C2=O)ccc1OCc1ccc([N+](=O)[O-])cc1. The van der Waals surface area contributed by atoms with Gasteiger partial charge in [-0.1, -0.05) is 6.07 Å². The van der Waals surface area contributed by atoms with Gasteiger partial charge in [0, 0.05) is 25.4 Å². The minimum absolute atomic E-state index is 0.0190. The lowest BCUT2D eigenvalue weighted by Gasteiger charge is -2.12. The molecule has 174 valence electrons. The summed E-state index contributed by atoms with van der Waals surface area (Å²) in [5.41, 5.74) is 3.15. The number of aryl methyl sites for hydroxylation is 2. The summed E-state index contributed by atoms with van der Waals surface area (Å²) >= 11 is 5.37. The number of hydrogen-bond donors (Lipinski definition) is 1. The zero-order chi connectivity index (χ0) is 24.4. The maximum absolute atomic E-state index is 13.0. The number of amides is 1. The van der Waals surface area contributed by atoms with Crippen LogP contribution in [0.1, 0.15) is 16.8 Å². The molecule has 0 unspecified atom stereocenters. The Labute approximate surface area is 200 Å². The second-order valence-corrected chi connectivity index (χ2v) is 7.91. The highest BCUT2D eigenvalue weighted by molar-refractivity contribution is 7.80. The minimum atomic E-state index is -0.450. The van der Waals surface area contributed by atoms with Gasteiger partial charge in [0.05, 0.1) is 23.4 Å². The van der Waals surface area contributed by atoms with Gasteiger partial charge in [0.25, 0.3) is 11.6 Å². The smallest absolute Gasteiger partial charge is 0.281 e. The van der Waals surface area contributed by atoms with Gasteiger partial charge in [-0.3, -0.25) is 19.6 Å². The molecule has 0 saturated carbocycles. The normalized spacial score (nSPS) is 14.4. The lowest BCUT2D eigenvalue weighted by Crippen LogP contribution is -2.30. The second kappa shape index (κ2) is 9.32. The van der Waals surface area contributed by atoms with Crippen molar-refractivity contribution in [3.05, 3.63) is 81.3 Å². The zero-order valence-corrected chi connectivity index (χ0v) is 19.5. The van der Waals surface area contributed by atoms with E-state index in [2.05, 4.69) is 10.4 Å². The highest BCUT2D eigenvalue weighted by atomic mass is 32.1. The van der Waals surface area contributed by atoms with Crippen LogP contribution in [0.5, 0.6) is 11.5 Å². The Balaban J connectivity index is 1.51. The van der Waals surface area contributed by atoms with E-state index in [1.54, 1.807) is 54.3 Å². The molecule has 1 aliphatic rings. The van der Waals surface area contributed by atoms with Gasteiger partial charge >= 0.3 is 0 Å². The van der Waals surface area contributed by atoms with Crippen LogP contribution in [-0.4, -0.2) is 32.8 Å². The van der Waals surface area contributed by atoms with E-state index in [1.807, 2.05) is 6.92 Å². The van der Waals surface area contributed by atoms with Crippen molar-refractivity contribution in [2.45, 2.75) is 13.5 Å². The van der Waals surface area contributed by atoms with E-state index >= 15 is 0 Å². The molecule has 1 amide bonds. The first-order valence-electron chi connectivity index (χ1n) is 10.2. The summed E-state index contributed by atoms with van der Waals surface area (Å²) in [6, 6.07) is 11.4. The van der Waals surface area contributed by atoms with Gasteiger partial charge in [0.15, 0.2) is 16.6 Å². The lowest BCUT2D eigenvalue weighted by molar-refractivity contribution is -0.384. The molecule has 3 aromatic rings. The molecule has 1 N–H and O–H groups in total. The monoisotopic (exact) mass is 479 g/mol. The highest BCUT2D eigenvalue weighted by Crippen LogP contribution is 2.31. The number of rotatable bonds is 7. The predicted molar refractivity (Wildman–Crippen MR) is 130 cm³/mol. The van der Waals surface area contributed by atoms with E-state index in [1.165, 1.54) is 24.1 Å². The molecule has 0 atom stereocenters. The Hall–Kier alpha value is -4.25. The fourth-order valence-electron chi connectivity index (χ4n) is 3.50. The van der Waals surface area contributed by atoms with Crippen LogP contribution in [-0.2, 0) is 18.4 Å². The third-order valence-electron chi connectivity index (χ3n) is 5.15. The topological polar surface area (TPSA) is 112 Å². The van der Waals surface area contributed by atoms with Crippen LogP contribution in [0.2, 0.25) is 0 Å². The zero-order valence-electron chi connectivity index (χ0n) is 18.6. The predicted octanol–water partition coefficient (Wildman–Crippen LogP) is 3.49. The molecule has 1 saturated heterocycles. The molecule has 4 rings (SSSR count). The average Bonchev–Trinajstić information content (AvgIpc) is 3.28. The van der Waals surface area contributed by atoms with Gasteiger partial charge in [0.1, 0.15) is 12.3 Å². The van der Waals surface area contributed by atoms with Gasteiger partial charge in [-0.05, 0) is 60.6 Å². The number of benzene rings is 2. The summed E-state index contributed by atoms with van der Waals surface area (Å²) in [6.07, 6.45) is 3.42. The van der Waals surface area contributed by atoms with E-state index in [0.29, 0.717) is 34.1 Å². The fraction of sp³-hybridized carbons (Fsp3) is 0.174. The standard InChI is InChI=1S/C23H21N5O5S/c1-14-19(12-26(2)25-14)27-22(29)18(24-23(27)34)10-16-6-9-20(21(11-16)32-3)33-13-15-4-7-17(8-5-15)28(30)31/h4-12H,13H2,1-3H3,(H,24,34)/b18-10+. The Morgan fingerprint density at radius 1 is 1.21 bits per heavy atom. The van der Waals surface area contributed by atoms with Gasteiger partial charge in [0.2, 0.25) is 0 Å². The molecule has 0 bridgehead atoms. The summed E-state index contributed by atoms with van der Waals surface area (Å²) in [4.78, 5) is 24.8. The second-order valence-electron chi connectivity index (χ2n) is 7.52. The van der Waals surface area contributed by atoms with E-state index in [0.717, 1.165) is 5.56 Å². The quantitative estimate of drug-likeness (QED) is 0.237. The van der Waals surface area contributed by atoms with Crippen molar-refractivity contribution >= 4 is 40.7 Å². The van der Waals surface area contributed by atoms with Crippen LogP contribution in [0.15, 0.2) is 54.4 Å².